The van der Waals surface area contributed by atoms with Crippen LogP contribution in [-0.4, -0.2) is 34.5 Å². The predicted octanol–water partition coefficient (Wildman–Crippen LogP) is 2.84. The molecule has 1 aromatic carbocycles. The highest BCUT2D eigenvalue weighted by atomic mass is 35.5. The number of aliphatic carboxylic acids is 1. The minimum atomic E-state index is -0.901. The van der Waals surface area contributed by atoms with Gasteiger partial charge in [0.1, 0.15) is 6.04 Å². The van der Waals surface area contributed by atoms with Crippen molar-refractivity contribution in [1.82, 2.24) is 4.90 Å². The molecule has 1 N–H and O–H groups in total. The minimum absolute atomic E-state index is 0.0408. The van der Waals surface area contributed by atoms with Gasteiger partial charge in [0.15, 0.2) is 0 Å². The molecule has 1 aliphatic heterocycles. The first-order chi connectivity index (χ1) is 10.0. The van der Waals surface area contributed by atoms with E-state index in [1.165, 1.54) is 0 Å². The van der Waals surface area contributed by atoms with E-state index in [1.54, 1.807) is 11.0 Å². The minimum Gasteiger partial charge on any atom is -0.480 e. The van der Waals surface area contributed by atoms with E-state index < -0.39 is 17.4 Å². The molecule has 0 aromatic heterocycles. The summed E-state index contributed by atoms with van der Waals surface area (Å²) in [6.07, 6.45) is 3.84. The lowest BCUT2D eigenvalue weighted by Crippen LogP contribution is -2.53. The van der Waals surface area contributed by atoms with Crippen LogP contribution in [-0.2, 0) is 15.0 Å². The maximum absolute atomic E-state index is 13.0. The molecule has 1 amide bonds. The standard InChI is InChI=1S/C16H18ClNO3/c17-12-5-1-4-11(10-12)16(7-3-8-16)15(21)18-9-2-6-13(18)14(19)20/h1,4-5,10,13H,2-3,6-9H2,(H,19,20). The largest absolute Gasteiger partial charge is 0.480 e. The van der Waals surface area contributed by atoms with Gasteiger partial charge in [-0.1, -0.05) is 30.2 Å². The number of rotatable bonds is 3. The molecular formula is C16H18ClNO3. The van der Waals surface area contributed by atoms with Crippen molar-refractivity contribution in [1.29, 1.82) is 0 Å². The number of likely N-dealkylation sites (tertiary alicyclic amines) is 1. The first kappa shape index (κ1) is 14.4. The lowest BCUT2D eigenvalue weighted by atomic mass is 9.63. The zero-order valence-electron chi connectivity index (χ0n) is 11.7. The Morgan fingerprint density at radius 3 is 2.62 bits per heavy atom. The second-order valence-corrected chi connectivity index (χ2v) is 6.38. The highest BCUT2D eigenvalue weighted by Gasteiger charge is 2.50. The van der Waals surface area contributed by atoms with E-state index >= 15 is 0 Å². The number of carbonyl (C=O) groups is 2. The first-order valence-electron chi connectivity index (χ1n) is 7.34. The maximum Gasteiger partial charge on any atom is 0.326 e. The van der Waals surface area contributed by atoms with Crippen molar-refractivity contribution in [3.63, 3.8) is 0 Å². The normalized spacial score (nSPS) is 23.7. The zero-order valence-corrected chi connectivity index (χ0v) is 12.5. The van der Waals surface area contributed by atoms with Crippen molar-refractivity contribution < 1.29 is 14.7 Å². The summed E-state index contributed by atoms with van der Waals surface area (Å²) in [6, 6.07) is 6.73. The van der Waals surface area contributed by atoms with Gasteiger partial charge in [0.25, 0.3) is 0 Å². The number of carboxylic acids is 1. The van der Waals surface area contributed by atoms with Crippen molar-refractivity contribution in [2.45, 2.75) is 43.6 Å². The number of carbonyl (C=O) groups excluding carboxylic acids is 1. The molecule has 112 valence electrons. The molecule has 0 spiro atoms. The molecule has 0 bridgehead atoms. The molecule has 1 heterocycles. The van der Waals surface area contributed by atoms with Crippen LogP contribution >= 0.6 is 11.6 Å². The third-order valence-corrected chi connectivity index (χ3v) is 5.03. The number of carboxylic acid groups (broad SMARTS) is 1. The van der Waals surface area contributed by atoms with Gasteiger partial charge in [0.05, 0.1) is 5.41 Å². The number of amides is 1. The summed E-state index contributed by atoms with van der Waals surface area (Å²) < 4.78 is 0. The number of halogens is 1. The molecule has 1 aromatic rings. The Labute approximate surface area is 128 Å². The van der Waals surface area contributed by atoms with Crippen LogP contribution < -0.4 is 0 Å². The van der Waals surface area contributed by atoms with E-state index in [0.29, 0.717) is 18.0 Å². The number of benzene rings is 1. The fourth-order valence-corrected chi connectivity index (χ4v) is 3.67. The molecule has 1 atom stereocenters. The maximum atomic E-state index is 13.0. The lowest BCUT2D eigenvalue weighted by molar-refractivity contribution is -0.152. The van der Waals surface area contributed by atoms with E-state index in [1.807, 2.05) is 18.2 Å². The third-order valence-electron chi connectivity index (χ3n) is 4.79. The van der Waals surface area contributed by atoms with Gasteiger partial charge in [-0.15, -0.1) is 0 Å². The van der Waals surface area contributed by atoms with Crippen LogP contribution in [0.1, 0.15) is 37.7 Å². The summed E-state index contributed by atoms with van der Waals surface area (Å²) in [7, 11) is 0. The average molecular weight is 308 g/mol. The van der Waals surface area contributed by atoms with Crippen LogP contribution in [0.5, 0.6) is 0 Å². The van der Waals surface area contributed by atoms with Crippen LogP contribution in [0.15, 0.2) is 24.3 Å². The highest BCUT2D eigenvalue weighted by molar-refractivity contribution is 6.30. The molecule has 5 heteroatoms. The number of hydrogen-bond donors (Lipinski definition) is 1. The summed E-state index contributed by atoms with van der Waals surface area (Å²) in [4.78, 5) is 25.9. The molecule has 1 saturated carbocycles. The van der Waals surface area contributed by atoms with Gasteiger partial charge < -0.3 is 10.0 Å². The van der Waals surface area contributed by atoms with Crippen molar-refractivity contribution in [2.24, 2.45) is 0 Å². The Morgan fingerprint density at radius 1 is 1.29 bits per heavy atom. The van der Waals surface area contributed by atoms with E-state index in [-0.39, 0.29) is 5.91 Å². The van der Waals surface area contributed by atoms with E-state index in [0.717, 1.165) is 31.2 Å². The van der Waals surface area contributed by atoms with Crippen LogP contribution in [0.4, 0.5) is 0 Å². The molecule has 4 nitrogen and oxygen atoms in total. The van der Waals surface area contributed by atoms with E-state index in [2.05, 4.69) is 0 Å². The van der Waals surface area contributed by atoms with Gasteiger partial charge in [-0.2, -0.15) is 0 Å². The zero-order chi connectivity index (χ0) is 15.0. The Morgan fingerprint density at radius 2 is 2.05 bits per heavy atom. The van der Waals surface area contributed by atoms with Gasteiger partial charge in [-0.05, 0) is 43.4 Å². The number of nitrogens with zero attached hydrogens (tertiary/aromatic N) is 1. The topological polar surface area (TPSA) is 57.6 Å². The van der Waals surface area contributed by atoms with Crippen molar-refractivity contribution in [2.75, 3.05) is 6.54 Å². The van der Waals surface area contributed by atoms with Crippen LogP contribution in [0.2, 0.25) is 5.02 Å². The van der Waals surface area contributed by atoms with Crippen molar-refractivity contribution in [3.8, 4) is 0 Å². The second kappa shape index (κ2) is 5.34. The van der Waals surface area contributed by atoms with E-state index in [9.17, 15) is 14.7 Å². The van der Waals surface area contributed by atoms with Gasteiger partial charge in [0, 0.05) is 11.6 Å². The van der Waals surface area contributed by atoms with Crippen LogP contribution in [0.25, 0.3) is 0 Å². The Bertz CT molecular complexity index is 583. The smallest absolute Gasteiger partial charge is 0.326 e. The lowest BCUT2D eigenvalue weighted by Gasteiger charge is -2.44. The second-order valence-electron chi connectivity index (χ2n) is 5.94. The fraction of sp³-hybridized carbons (Fsp3) is 0.500. The quantitative estimate of drug-likeness (QED) is 0.934. The fourth-order valence-electron chi connectivity index (χ4n) is 3.48. The molecule has 1 saturated heterocycles. The van der Waals surface area contributed by atoms with E-state index in [4.69, 9.17) is 11.6 Å². The van der Waals surface area contributed by atoms with Crippen LogP contribution in [0, 0.1) is 0 Å². The summed E-state index contributed by atoms with van der Waals surface area (Å²) in [5.41, 5.74) is 0.352. The Hall–Kier alpha value is -1.55. The molecule has 0 radical (unpaired) electrons. The monoisotopic (exact) mass is 307 g/mol. The summed E-state index contributed by atoms with van der Waals surface area (Å²) in [5.74, 6) is -0.942. The third kappa shape index (κ3) is 2.31. The van der Waals surface area contributed by atoms with Gasteiger partial charge >= 0.3 is 5.97 Å². The number of hydrogen-bond acceptors (Lipinski definition) is 2. The molecular weight excluding hydrogens is 290 g/mol. The molecule has 2 fully saturated rings. The molecule has 1 unspecified atom stereocenters. The molecule has 21 heavy (non-hydrogen) atoms. The van der Waals surface area contributed by atoms with Gasteiger partial charge in [0.2, 0.25) is 5.91 Å². The highest BCUT2D eigenvalue weighted by Crippen LogP contribution is 2.46. The SMILES string of the molecule is O=C(O)C1CCCN1C(=O)C1(c2cccc(Cl)c2)CCC1. The average Bonchev–Trinajstić information content (AvgIpc) is 2.86. The van der Waals surface area contributed by atoms with Crippen LogP contribution in [0.3, 0.4) is 0 Å². The molecule has 3 rings (SSSR count). The molecule has 2 aliphatic rings. The van der Waals surface area contributed by atoms with Gasteiger partial charge in [-0.3, -0.25) is 4.79 Å². The summed E-state index contributed by atoms with van der Waals surface area (Å²) >= 11 is 6.06. The summed E-state index contributed by atoms with van der Waals surface area (Å²) in [6.45, 7) is 0.540. The first-order valence-corrected chi connectivity index (χ1v) is 7.72. The Balaban J connectivity index is 1.92. The van der Waals surface area contributed by atoms with Crippen molar-refractivity contribution in [3.05, 3.63) is 34.9 Å². The predicted molar refractivity (Wildman–Crippen MR) is 79.4 cm³/mol. The molecule has 1 aliphatic carbocycles. The van der Waals surface area contributed by atoms with Crippen molar-refractivity contribution >= 4 is 23.5 Å². The summed E-state index contributed by atoms with van der Waals surface area (Å²) in [5, 5.41) is 9.90. The Kier molecular flexibility index (Phi) is 3.66. The van der Waals surface area contributed by atoms with Gasteiger partial charge in [-0.25, -0.2) is 4.79 Å².